The Bertz CT molecular complexity index is 1490. The van der Waals surface area contributed by atoms with Crippen molar-refractivity contribution in [3.8, 4) is 0 Å². The summed E-state index contributed by atoms with van der Waals surface area (Å²) in [5, 5.41) is 22.8. The quantitative estimate of drug-likeness (QED) is 0.0424. The Morgan fingerprint density at radius 3 is 1.03 bits per heavy atom. The number of unbranched alkanes of at least 4 members (excludes halogenated alkanes) is 6. The van der Waals surface area contributed by atoms with E-state index < -0.39 is 12.1 Å². The number of hydrogen-bond donors (Lipinski definition) is 3. The number of aliphatic hydroxyl groups excluding tert-OH is 2. The highest BCUT2D eigenvalue weighted by atomic mass is 16.3. The van der Waals surface area contributed by atoms with E-state index in [4.69, 9.17) is 0 Å². The lowest BCUT2D eigenvalue weighted by Crippen LogP contribution is -2.45. The summed E-state index contributed by atoms with van der Waals surface area (Å²) in [4.78, 5) is 12.4. The van der Waals surface area contributed by atoms with E-state index in [1.165, 1.54) is 0 Å². The summed E-state index contributed by atoms with van der Waals surface area (Å²) in [6, 6.07) is -0.671. The van der Waals surface area contributed by atoms with Gasteiger partial charge in [-0.1, -0.05) is 209 Å². The van der Waals surface area contributed by atoms with Gasteiger partial charge >= 0.3 is 0 Å². The molecule has 0 aliphatic heterocycles. The number of hydrogen-bond acceptors (Lipinski definition) is 3. The van der Waals surface area contributed by atoms with E-state index in [1.54, 1.807) is 6.08 Å². The lowest BCUT2D eigenvalue weighted by molar-refractivity contribution is -0.123. The fourth-order valence-electron chi connectivity index (χ4n) is 5.96. The first kappa shape index (κ1) is 58.5. The zero-order chi connectivity index (χ0) is 45.6. The van der Waals surface area contributed by atoms with E-state index in [9.17, 15) is 15.0 Å². The number of amides is 1. The molecule has 4 nitrogen and oxygen atoms in total. The number of nitrogens with one attached hydrogen (secondary N) is 1. The first-order valence-corrected chi connectivity index (χ1v) is 24.5. The van der Waals surface area contributed by atoms with Crippen LogP contribution in [0, 0.1) is 0 Å². The Balaban J connectivity index is 3.75. The fraction of sp³-hybridized carbons (Fsp3) is 0.475. The first-order chi connectivity index (χ1) is 31.2. The van der Waals surface area contributed by atoms with Crippen LogP contribution in [0.1, 0.15) is 162 Å². The number of aliphatic hydroxyl groups is 2. The summed E-state index contributed by atoms with van der Waals surface area (Å²) >= 11 is 0. The molecule has 0 saturated carbocycles. The van der Waals surface area contributed by atoms with Crippen LogP contribution in [-0.4, -0.2) is 34.9 Å². The molecule has 0 aromatic heterocycles. The normalized spacial score (nSPS) is 14.5. The lowest BCUT2D eigenvalue weighted by Gasteiger charge is -2.19. The average molecular weight is 860 g/mol. The minimum Gasteiger partial charge on any atom is -0.394 e. The summed E-state index contributed by atoms with van der Waals surface area (Å²) in [5.74, 6) is -0.115. The highest BCUT2D eigenvalue weighted by Gasteiger charge is 2.17. The molecule has 0 rings (SSSR count). The molecule has 0 aliphatic rings. The van der Waals surface area contributed by atoms with Crippen LogP contribution in [0.2, 0.25) is 0 Å². The molecule has 0 bridgehead atoms. The van der Waals surface area contributed by atoms with Crippen molar-refractivity contribution in [2.45, 2.75) is 174 Å². The SMILES string of the molecule is CC/C=C\C/C=C\C/C=C\C/C=C\C/C=C\C/C=C\C/C=C\C/C=C\C/C=C\C/C=C\C/C=C\C/C=C\CCCCCCC(=O)NC(CO)C(O)/C=C/CC/C=C/CC/C=C/CC. The summed E-state index contributed by atoms with van der Waals surface area (Å²) in [6.45, 7) is 4.01. The Kier molecular flexibility index (Phi) is 48.1. The molecular weight excluding hydrogens is 771 g/mol. The van der Waals surface area contributed by atoms with Crippen LogP contribution in [0.25, 0.3) is 0 Å². The predicted octanol–water partition coefficient (Wildman–Crippen LogP) is 16.2. The second-order valence-corrected chi connectivity index (χ2v) is 15.4. The molecule has 0 aromatic carbocycles. The van der Waals surface area contributed by atoms with Crippen LogP contribution < -0.4 is 5.32 Å². The maximum atomic E-state index is 12.4. The van der Waals surface area contributed by atoms with Gasteiger partial charge in [-0.3, -0.25) is 4.79 Å². The van der Waals surface area contributed by atoms with Gasteiger partial charge in [0.2, 0.25) is 5.91 Å². The molecule has 2 unspecified atom stereocenters. The van der Waals surface area contributed by atoms with Gasteiger partial charge in [0, 0.05) is 6.42 Å². The van der Waals surface area contributed by atoms with Crippen molar-refractivity contribution in [2.24, 2.45) is 0 Å². The largest absolute Gasteiger partial charge is 0.394 e. The van der Waals surface area contributed by atoms with E-state index >= 15 is 0 Å². The number of carbonyl (C=O) groups is 1. The second-order valence-electron chi connectivity index (χ2n) is 15.4. The van der Waals surface area contributed by atoms with Gasteiger partial charge in [0.1, 0.15) is 0 Å². The summed E-state index contributed by atoms with van der Waals surface area (Å²) < 4.78 is 0. The molecule has 1 amide bonds. The van der Waals surface area contributed by atoms with Crippen molar-refractivity contribution in [1.29, 1.82) is 0 Å². The number of allylic oxidation sites excluding steroid dienone is 29. The van der Waals surface area contributed by atoms with Gasteiger partial charge in [0.25, 0.3) is 0 Å². The van der Waals surface area contributed by atoms with Gasteiger partial charge in [0.15, 0.2) is 0 Å². The number of carbonyl (C=O) groups excluding carboxylic acids is 1. The van der Waals surface area contributed by atoms with Crippen LogP contribution in [0.15, 0.2) is 182 Å². The van der Waals surface area contributed by atoms with Crippen LogP contribution in [0.4, 0.5) is 0 Å². The van der Waals surface area contributed by atoms with Crippen LogP contribution in [-0.2, 0) is 4.79 Å². The minimum absolute atomic E-state index is 0.115. The molecule has 0 aliphatic carbocycles. The fourth-order valence-corrected chi connectivity index (χ4v) is 5.96. The summed E-state index contributed by atoms with van der Waals surface area (Å²) in [5.41, 5.74) is 0. The molecule has 2 atom stereocenters. The molecular formula is C59H89NO3. The van der Waals surface area contributed by atoms with Crippen molar-refractivity contribution in [3.05, 3.63) is 182 Å². The van der Waals surface area contributed by atoms with Crippen molar-refractivity contribution in [1.82, 2.24) is 5.32 Å². The van der Waals surface area contributed by atoms with Gasteiger partial charge in [-0.15, -0.1) is 0 Å². The molecule has 0 aromatic rings. The van der Waals surface area contributed by atoms with Crippen molar-refractivity contribution >= 4 is 5.91 Å². The molecule has 0 fully saturated rings. The first-order valence-electron chi connectivity index (χ1n) is 24.5. The van der Waals surface area contributed by atoms with Crippen molar-refractivity contribution in [3.63, 3.8) is 0 Å². The van der Waals surface area contributed by atoms with E-state index in [0.29, 0.717) is 6.42 Å². The third-order valence-electron chi connectivity index (χ3n) is 9.61. The van der Waals surface area contributed by atoms with Crippen molar-refractivity contribution < 1.29 is 15.0 Å². The Labute approximate surface area is 387 Å². The maximum Gasteiger partial charge on any atom is 0.220 e. The van der Waals surface area contributed by atoms with Crippen LogP contribution in [0.3, 0.4) is 0 Å². The highest BCUT2D eigenvalue weighted by molar-refractivity contribution is 5.76. The molecule has 0 radical (unpaired) electrons. The second kappa shape index (κ2) is 51.8. The summed E-state index contributed by atoms with van der Waals surface area (Å²) in [7, 11) is 0. The molecule has 0 saturated heterocycles. The van der Waals surface area contributed by atoms with Gasteiger partial charge in [0.05, 0.1) is 18.8 Å². The van der Waals surface area contributed by atoms with E-state index in [1.807, 2.05) is 6.08 Å². The third kappa shape index (κ3) is 48.4. The zero-order valence-corrected chi connectivity index (χ0v) is 39.7. The molecule has 348 valence electrons. The van der Waals surface area contributed by atoms with Crippen LogP contribution in [0.5, 0.6) is 0 Å². The van der Waals surface area contributed by atoms with Crippen LogP contribution >= 0.6 is 0 Å². The van der Waals surface area contributed by atoms with Crippen molar-refractivity contribution in [2.75, 3.05) is 6.61 Å². The zero-order valence-electron chi connectivity index (χ0n) is 39.7. The Morgan fingerprint density at radius 1 is 0.381 bits per heavy atom. The van der Waals surface area contributed by atoms with Gasteiger partial charge in [-0.25, -0.2) is 0 Å². The smallest absolute Gasteiger partial charge is 0.220 e. The van der Waals surface area contributed by atoms with Gasteiger partial charge < -0.3 is 15.5 Å². The summed E-state index contributed by atoms with van der Waals surface area (Å²) in [6.07, 6.45) is 87.4. The maximum absolute atomic E-state index is 12.4. The minimum atomic E-state index is -0.892. The molecule has 63 heavy (non-hydrogen) atoms. The predicted molar refractivity (Wildman–Crippen MR) is 280 cm³/mol. The molecule has 0 heterocycles. The molecule has 3 N–H and O–H groups in total. The highest BCUT2D eigenvalue weighted by Crippen LogP contribution is 2.08. The molecule has 0 spiro atoms. The standard InChI is InChI=1S/C59H89NO3/c1-3-5-7-9-11-13-15-16-17-18-19-20-21-22-23-24-25-26-27-28-29-30-31-32-33-34-35-36-37-38-39-40-41-42-43-44-45-47-49-51-53-55-59(63)60-57(56-61)58(62)54-52-50-48-46-14-12-10-8-6-4-2/h5-8,11,13-14,16-17,19-20,22-23,25-26,28-29,31-32,34-35,37-38,40-41,43-44,46,52,54,57-58,61-62H,3-4,9-10,12,15,18,21,24,27,30,33,36,39,42,45,47-51,53,55-56H2,1-2H3,(H,60,63)/b7-5-,8-6+,13-11-,17-16-,20-19-,23-22-,26-25-,29-28-,32-31-,35-34-,38-37-,41-40-,44-43-,46-14+,54-52+. The molecule has 4 heteroatoms. The number of rotatable bonds is 41. The van der Waals surface area contributed by atoms with Gasteiger partial charge in [-0.05, 0) is 128 Å². The van der Waals surface area contributed by atoms with Gasteiger partial charge in [-0.2, -0.15) is 0 Å². The monoisotopic (exact) mass is 860 g/mol. The Hall–Kier alpha value is -4.51. The van der Waals surface area contributed by atoms with E-state index in [-0.39, 0.29) is 12.5 Å². The van der Waals surface area contributed by atoms with E-state index in [2.05, 4.69) is 189 Å². The topological polar surface area (TPSA) is 69.6 Å². The third-order valence-corrected chi connectivity index (χ3v) is 9.61. The average Bonchev–Trinajstić information content (AvgIpc) is 3.29. The Morgan fingerprint density at radius 2 is 0.667 bits per heavy atom. The van der Waals surface area contributed by atoms with E-state index in [0.717, 1.165) is 141 Å². The lowest BCUT2D eigenvalue weighted by atomic mass is 10.1.